The first kappa shape index (κ1) is 15.3. The van der Waals surface area contributed by atoms with Crippen molar-refractivity contribution < 1.29 is 4.74 Å². The Labute approximate surface area is 126 Å². The zero-order chi connectivity index (χ0) is 15.4. The van der Waals surface area contributed by atoms with Crippen molar-refractivity contribution in [3.63, 3.8) is 0 Å². The monoisotopic (exact) mass is 285 g/mol. The van der Waals surface area contributed by atoms with Crippen molar-refractivity contribution >= 4 is 5.82 Å². The van der Waals surface area contributed by atoms with Gasteiger partial charge in [-0.1, -0.05) is 26.0 Å². The highest BCUT2D eigenvalue weighted by molar-refractivity contribution is 5.70. The van der Waals surface area contributed by atoms with Gasteiger partial charge < -0.3 is 10.5 Å². The minimum Gasteiger partial charge on any atom is -0.477 e. The molecular weight excluding hydrogens is 262 g/mol. The van der Waals surface area contributed by atoms with Crippen LogP contribution in [-0.4, -0.2) is 16.6 Å². The van der Waals surface area contributed by atoms with E-state index in [-0.39, 0.29) is 0 Å². The maximum atomic E-state index is 6.02. The SMILES string of the molecule is Cc1ccc(-c2ncc(OCCC(C)C)nc2N)cc1C. The van der Waals surface area contributed by atoms with Crippen molar-refractivity contribution in [2.75, 3.05) is 12.3 Å². The van der Waals surface area contributed by atoms with Crippen molar-refractivity contribution in [3.8, 4) is 17.1 Å². The number of anilines is 1. The second kappa shape index (κ2) is 6.57. The van der Waals surface area contributed by atoms with Gasteiger partial charge in [-0.2, -0.15) is 4.98 Å². The largest absolute Gasteiger partial charge is 0.477 e. The Morgan fingerprint density at radius 2 is 1.95 bits per heavy atom. The van der Waals surface area contributed by atoms with E-state index in [4.69, 9.17) is 10.5 Å². The Morgan fingerprint density at radius 3 is 2.57 bits per heavy atom. The number of benzene rings is 1. The van der Waals surface area contributed by atoms with E-state index >= 15 is 0 Å². The van der Waals surface area contributed by atoms with E-state index in [9.17, 15) is 0 Å². The molecule has 0 aliphatic heterocycles. The highest BCUT2D eigenvalue weighted by Gasteiger charge is 2.09. The number of ether oxygens (including phenoxy) is 1. The molecule has 2 rings (SSSR count). The molecule has 0 spiro atoms. The van der Waals surface area contributed by atoms with Gasteiger partial charge in [0.1, 0.15) is 5.69 Å². The lowest BCUT2D eigenvalue weighted by atomic mass is 10.0. The van der Waals surface area contributed by atoms with Crippen LogP contribution in [0.25, 0.3) is 11.3 Å². The lowest BCUT2D eigenvalue weighted by Gasteiger charge is -2.10. The average Bonchev–Trinajstić information content (AvgIpc) is 2.42. The van der Waals surface area contributed by atoms with Crippen LogP contribution >= 0.6 is 0 Å². The Morgan fingerprint density at radius 1 is 1.19 bits per heavy atom. The van der Waals surface area contributed by atoms with Crippen molar-refractivity contribution in [1.82, 2.24) is 9.97 Å². The van der Waals surface area contributed by atoms with Gasteiger partial charge in [0, 0.05) is 5.56 Å². The Hall–Kier alpha value is -2.10. The number of nitrogens with zero attached hydrogens (tertiary/aromatic N) is 2. The lowest BCUT2D eigenvalue weighted by Crippen LogP contribution is -2.05. The Balaban J connectivity index is 2.17. The van der Waals surface area contributed by atoms with E-state index in [1.807, 2.05) is 6.07 Å². The first-order valence-electron chi connectivity index (χ1n) is 7.30. The van der Waals surface area contributed by atoms with Crippen LogP contribution in [-0.2, 0) is 0 Å². The quantitative estimate of drug-likeness (QED) is 0.908. The van der Waals surface area contributed by atoms with Gasteiger partial charge in [-0.25, -0.2) is 4.98 Å². The summed E-state index contributed by atoms with van der Waals surface area (Å²) in [5.74, 6) is 1.49. The highest BCUT2D eigenvalue weighted by atomic mass is 16.5. The van der Waals surface area contributed by atoms with Gasteiger partial charge in [0.25, 0.3) is 0 Å². The fourth-order valence-corrected chi connectivity index (χ4v) is 1.97. The average molecular weight is 285 g/mol. The van der Waals surface area contributed by atoms with Crippen LogP contribution in [0.4, 0.5) is 5.82 Å². The first-order valence-corrected chi connectivity index (χ1v) is 7.30. The second-order valence-corrected chi connectivity index (χ2v) is 5.77. The third-order valence-corrected chi connectivity index (χ3v) is 3.50. The summed E-state index contributed by atoms with van der Waals surface area (Å²) >= 11 is 0. The molecule has 2 N–H and O–H groups in total. The van der Waals surface area contributed by atoms with Crippen LogP contribution < -0.4 is 10.5 Å². The smallest absolute Gasteiger partial charge is 0.234 e. The third kappa shape index (κ3) is 3.94. The Bertz CT molecular complexity index is 623. The molecule has 0 saturated carbocycles. The van der Waals surface area contributed by atoms with Crippen LogP contribution in [0, 0.1) is 19.8 Å². The summed E-state index contributed by atoms with van der Waals surface area (Å²) in [6.07, 6.45) is 2.63. The molecular formula is C17H23N3O. The molecule has 0 aliphatic carbocycles. The summed E-state index contributed by atoms with van der Waals surface area (Å²) in [5, 5.41) is 0. The van der Waals surface area contributed by atoms with E-state index in [1.165, 1.54) is 11.1 Å². The zero-order valence-corrected chi connectivity index (χ0v) is 13.2. The van der Waals surface area contributed by atoms with Gasteiger partial charge in [0.05, 0.1) is 12.8 Å². The fraction of sp³-hybridized carbons (Fsp3) is 0.412. The second-order valence-electron chi connectivity index (χ2n) is 5.77. The van der Waals surface area contributed by atoms with Crippen LogP contribution in [0.1, 0.15) is 31.4 Å². The van der Waals surface area contributed by atoms with Crippen LogP contribution in [0.5, 0.6) is 5.88 Å². The molecule has 4 heteroatoms. The molecule has 0 fully saturated rings. The molecule has 1 heterocycles. The fourth-order valence-electron chi connectivity index (χ4n) is 1.97. The van der Waals surface area contributed by atoms with Gasteiger partial charge in [-0.15, -0.1) is 0 Å². The number of rotatable bonds is 5. The molecule has 0 atom stereocenters. The summed E-state index contributed by atoms with van der Waals surface area (Å²) in [6, 6.07) is 6.16. The molecule has 1 aromatic heterocycles. The summed E-state index contributed by atoms with van der Waals surface area (Å²) in [7, 11) is 0. The molecule has 21 heavy (non-hydrogen) atoms. The zero-order valence-electron chi connectivity index (χ0n) is 13.2. The van der Waals surface area contributed by atoms with E-state index in [2.05, 4.69) is 49.8 Å². The molecule has 2 aromatic rings. The number of aryl methyl sites for hydroxylation is 2. The van der Waals surface area contributed by atoms with Crippen molar-refractivity contribution in [2.45, 2.75) is 34.1 Å². The molecule has 1 aromatic carbocycles. The van der Waals surface area contributed by atoms with Gasteiger partial charge in [-0.3, -0.25) is 0 Å². The van der Waals surface area contributed by atoms with E-state index in [0.717, 1.165) is 12.0 Å². The lowest BCUT2D eigenvalue weighted by molar-refractivity contribution is 0.279. The van der Waals surface area contributed by atoms with Crippen molar-refractivity contribution in [2.24, 2.45) is 5.92 Å². The molecule has 112 valence electrons. The molecule has 4 nitrogen and oxygen atoms in total. The maximum Gasteiger partial charge on any atom is 0.234 e. The maximum absolute atomic E-state index is 6.02. The molecule has 0 saturated heterocycles. The van der Waals surface area contributed by atoms with Crippen molar-refractivity contribution in [1.29, 1.82) is 0 Å². The third-order valence-electron chi connectivity index (χ3n) is 3.50. The minimum atomic E-state index is 0.403. The predicted molar refractivity (Wildman–Crippen MR) is 86.3 cm³/mol. The molecule has 0 aliphatic rings. The molecule has 0 radical (unpaired) electrons. The number of nitrogen functional groups attached to an aromatic ring is 1. The Kier molecular flexibility index (Phi) is 4.78. The van der Waals surface area contributed by atoms with Gasteiger partial charge in [0.2, 0.25) is 5.88 Å². The van der Waals surface area contributed by atoms with Gasteiger partial charge in [-0.05, 0) is 43.4 Å². The molecule has 0 amide bonds. The standard InChI is InChI=1S/C17H23N3O/c1-11(2)7-8-21-15-10-19-16(17(18)20-15)14-6-5-12(3)13(4)9-14/h5-6,9-11H,7-8H2,1-4H3,(H2,18,20). The van der Waals surface area contributed by atoms with Crippen molar-refractivity contribution in [3.05, 3.63) is 35.5 Å². The number of aromatic nitrogens is 2. The highest BCUT2D eigenvalue weighted by Crippen LogP contribution is 2.25. The van der Waals surface area contributed by atoms with E-state index < -0.39 is 0 Å². The summed E-state index contributed by atoms with van der Waals surface area (Å²) in [6.45, 7) is 9.11. The van der Waals surface area contributed by atoms with Crippen LogP contribution in [0.15, 0.2) is 24.4 Å². The topological polar surface area (TPSA) is 61.0 Å². The van der Waals surface area contributed by atoms with Gasteiger partial charge >= 0.3 is 0 Å². The summed E-state index contributed by atoms with van der Waals surface area (Å²) in [4.78, 5) is 8.70. The summed E-state index contributed by atoms with van der Waals surface area (Å²) < 4.78 is 5.58. The molecule has 0 bridgehead atoms. The van der Waals surface area contributed by atoms with Crippen LogP contribution in [0.3, 0.4) is 0 Å². The number of nitrogens with two attached hydrogens (primary N) is 1. The summed E-state index contributed by atoms with van der Waals surface area (Å²) in [5.41, 5.74) is 10.2. The minimum absolute atomic E-state index is 0.403. The normalized spacial score (nSPS) is 10.9. The predicted octanol–water partition coefficient (Wildman–Crippen LogP) is 3.77. The van der Waals surface area contributed by atoms with E-state index in [1.54, 1.807) is 6.20 Å². The first-order chi connectivity index (χ1) is 9.97. The molecule has 0 unspecified atom stereocenters. The van der Waals surface area contributed by atoms with Crippen LogP contribution in [0.2, 0.25) is 0 Å². The van der Waals surface area contributed by atoms with Gasteiger partial charge in [0.15, 0.2) is 5.82 Å². The number of hydrogen-bond acceptors (Lipinski definition) is 4. The number of hydrogen-bond donors (Lipinski definition) is 1. The van der Waals surface area contributed by atoms with E-state index in [0.29, 0.717) is 29.9 Å².